The smallest absolute Gasteiger partial charge is 0.0691 e. The Hall–Kier alpha value is -1.03. The molecule has 1 aromatic carbocycles. The topological polar surface area (TPSA) is 37.2 Å². The van der Waals surface area contributed by atoms with E-state index in [1.807, 2.05) is 12.1 Å². The zero-order chi connectivity index (χ0) is 14.7. The van der Waals surface area contributed by atoms with Gasteiger partial charge in [0.15, 0.2) is 0 Å². The van der Waals surface area contributed by atoms with Gasteiger partial charge in [0.05, 0.1) is 6.10 Å². The monoisotopic (exact) mass is 294 g/mol. The van der Waals surface area contributed by atoms with Crippen LogP contribution in [0.4, 0.5) is 0 Å². The molecule has 0 fully saturated rings. The lowest BCUT2D eigenvalue weighted by atomic mass is 10.1. The summed E-state index contributed by atoms with van der Waals surface area (Å²) >= 11 is 6.09. The van der Waals surface area contributed by atoms with Crippen molar-refractivity contribution in [3.05, 3.63) is 35.0 Å². The summed E-state index contributed by atoms with van der Waals surface area (Å²) in [6.45, 7) is 8.61. The van der Waals surface area contributed by atoms with E-state index in [4.69, 9.17) is 11.6 Å². The number of hydrogen-bond acceptors (Lipinski definition) is 2. The first-order valence-electron chi connectivity index (χ1n) is 7.13. The van der Waals surface area contributed by atoms with Gasteiger partial charge in [-0.3, -0.25) is 0 Å². The van der Waals surface area contributed by atoms with E-state index in [0.29, 0.717) is 12.5 Å². The minimum Gasteiger partial charge on any atom is -0.392 e. The molecule has 2 N–H and O–H groups in total. The first-order valence-corrected chi connectivity index (χ1v) is 7.51. The van der Waals surface area contributed by atoms with E-state index >= 15 is 0 Å². The first kappa shape index (κ1) is 15.4. The molecule has 2 rings (SSSR count). The Labute approximate surface area is 125 Å². The molecule has 1 heterocycles. The fraction of sp³-hybridized carbons (Fsp3) is 0.500. The van der Waals surface area contributed by atoms with Crippen LogP contribution in [0, 0.1) is 5.92 Å². The second kappa shape index (κ2) is 6.61. The zero-order valence-corrected chi connectivity index (χ0v) is 13.1. The van der Waals surface area contributed by atoms with Crippen LogP contribution in [0.3, 0.4) is 0 Å². The Morgan fingerprint density at radius 3 is 2.70 bits per heavy atom. The lowest BCUT2D eigenvalue weighted by molar-refractivity contribution is 0.175. The zero-order valence-electron chi connectivity index (χ0n) is 12.4. The maximum atomic E-state index is 9.62. The minimum absolute atomic E-state index is 0.374. The Kier molecular flexibility index (Phi) is 5.08. The number of hydrogen-bond donors (Lipinski definition) is 2. The van der Waals surface area contributed by atoms with Gasteiger partial charge < -0.3 is 15.0 Å². The molecule has 110 valence electrons. The Balaban J connectivity index is 2.29. The number of nitrogens with zero attached hydrogens (tertiary/aromatic N) is 1. The van der Waals surface area contributed by atoms with Crippen LogP contribution in [0.15, 0.2) is 24.4 Å². The molecule has 0 aliphatic carbocycles. The number of nitrogens with one attached hydrogen (secondary N) is 1. The van der Waals surface area contributed by atoms with Gasteiger partial charge in [0.1, 0.15) is 0 Å². The molecular weight excluding hydrogens is 272 g/mol. The third-order valence-electron chi connectivity index (χ3n) is 3.26. The number of aliphatic hydroxyl groups is 1. The lowest BCUT2D eigenvalue weighted by Crippen LogP contribution is -2.18. The molecule has 4 heteroatoms. The van der Waals surface area contributed by atoms with Crippen LogP contribution >= 0.6 is 11.6 Å². The molecule has 0 spiro atoms. The van der Waals surface area contributed by atoms with Gasteiger partial charge in [0.2, 0.25) is 0 Å². The van der Waals surface area contributed by atoms with Gasteiger partial charge in [-0.15, -0.1) is 0 Å². The molecule has 0 bridgehead atoms. The average molecular weight is 295 g/mol. The molecule has 0 saturated carbocycles. The highest BCUT2D eigenvalue weighted by atomic mass is 35.5. The van der Waals surface area contributed by atoms with Gasteiger partial charge in [0.25, 0.3) is 0 Å². The first-order chi connectivity index (χ1) is 9.47. The second-order valence-electron chi connectivity index (χ2n) is 5.84. The predicted molar refractivity (Wildman–Crippen MR) is 85.2 cm³/mol. The van der Waals surface area contributed by atoms with E-state index in [1.54, 1.807) is 6.92 Å². The molecule has 0 radical (unpaired) electrons. The fourth-order valence-corrected chi connectivity index (χ4v) is 2.58. The molecule has 0 aliphatic rings. The number of benzene rings is 1. The van der Waals surface area contributed by atoms with E-state index in [0.717, 1.165) is 23.6 Å². The van der Waals surface area contributed by atoms with Crippen LogP contribution in [0.5, 0.6) is 0 Å². The van der Waals surface area contributed by atoms with Gasteiger partial charge in [-0.1, -0.05) is 31.5 Å². The summed E-state index contributed by atoms with van der Waals surface area (Å²) in [5, 5.41) is 15.0. The van der Waals surface area contributed by atoms with Crippen molar-refractivity contribution in [1.82, 2.24) is 9.88 Å². The second-order valence-corrected chi connectivity index (χ2v) is 6.28. The highest BCUT2D eigenvalue weighted by molar-refractivity contribution is 6.31. The van der Waals surface area contributed by atoms with Gasteiger partial charge in [-0.2, -0.15) is 0 Å². The minimum atomic E-state index is -0.374. The van der Waals surface area contributed by atoms with Crippen molar-refractivity contribution in [2.24, 2.45) is 5.92 Å². The Morgan fingerprint density at radius 1 is 1.30 bits per heavy atom. The van der Waals surface area contributed by atoms with Crippen LogP contribution < -0.4 is 5.32 Å². The van der Waals surface area contributed by atoms with Crippen molar-refractivity contribution >= 4 is 22.5 Å². The van der Waals surface area contributed by atoms with E-state index < -0.39 is 0 Å². The number of halogens is 1. The van der Waals surface area contributed by atoms with Crippen LogP contribution in [-0.2, 0) is 13.1 Å². The summed E-state index contributed by atoms with van der Waals surface area (Å²) in [6, 6.07) is 5.94. The summed E-state index contributed by atoms with van der Waals surface area (Å²) in [6.07, 6.45) is 1.74. The van der Waals surface area contributed by atoms with Crippen molar-refractivity contribution in [3.63, 3.8) is 0 Å². The van der Waals surface area contributed by atoms with Crippen LogP contribution in [0.1, 0.15) is 26.3 Å². The summed E-state index contributed by atoms with van der Waals surface area (Å²) in [7, 11) is 0. The molecule has 2 aromatic rings. The molecule has 1 atom stereocenters. The van der Waals surface area contributed by atoms with Gasteiger partial charge in [0, 0.05) is 35.2 Å². The molecule has 1 aromatic heterocycles. The standard InChI is InChI=1S/C16H23ClN2O/c1-11(2)7-18-8-13-10-19(9-12(3)20)16-6-14(17)4-5-15(13)16/h4-6,10-12,18,20H,7-9H2,1-3H3. The highest BCUT2D eigenvalue weighted by Crippen LogP contribution is 2.25. The number of aliphatic hydroxyl groups excluding tert-OH is 1. The molecule has 20 heavy (non-hydrogen) atoms. The third kappa shape index (κ3) is 3.75. The van der Waals surface area contributed by atoms with Crippen LogP contribution in [0.25, 0.3) is 10.9 Å². The summed E-state index contributed by atoms with van der Waals surface area (Å²) in [4.78, 5) is 0. The molecule has 0 amide bonds. The maximum Gasteiger partial charge on any atom is 0.0691 e. The van der Waals surface area contributed by atoms with E-state index in [2.05, 4.69) is 36.0 Å². The molecule has 0 aliphatic heterocycles. The maximum absolute atomic E-state index is 9.62. The largest absolute Gasteiger partial charge is 0.392 e. The normalized spacial score (nSPS) is 13.3. The summed E-state index contributed by atoms with van der Waals surface area (Å²) in [5.74, 6) is 0.634. The Bertz CT molecular complexity index is 575. The molecule has 3 nitrogen and oxygen atoms in total. The van der Waals surface area contributed by atoms with Crippen molar-refractivity contribution in [1.29, 1.82) is 0 Å². The van der Waals surface area contributed by atoms with Crippen molar-refractivity contribution < 1.29 is 5.11 Å². The number of rotatable bonds is 6. The average Bonchev–Trinajstić information content (AvgIpc) is 2.66. The van der Waals surface area contributed by atoms with E-state index in [9.17, 15) is 5.11 Å². The van der Waals surface area contributed by atoms with Gasteiger partial charge >= 0.3 is 0 Å². The van der Waals surface area contributed by atoms with Gasteiger partial charge in [-0.05, 0) is 37.1 Å². The molecule has 0 saturated heterocycles. The predicted octanol–water partition coefficient (Wildman–Crippen LogP) is 3.42. The van der Waals surface area contributed by atoms with Crippen LogP contribution in [-0.4, -0.2) is 22.3 Å². The summed E-state index contributed by atoms with van der Waals surface area (Å²) < 4.78 is 2.08. The fourth-order valence-electron chi connectivity index (χ4n) is 2.41. The quantitative estimate of drug-likeness (QED) is 0.856. The SMILES string of the molecule is CC(C)CNCc1cn(CC(C)O)c2cc(Cl)ccc12. The van der Waals surface area contributed by atoms with Crippen LogP contribution in [0.2, 0.25) is 5.02 Å². The third-order valence-corrected chi connectivity index (χ3v) is 3.49. The summed E-state index contributed by atoms with van der Waals surface area (Å²) in [5.41, 5.74) is 2.33. The van der Waals surface area contributed by atoms with E-state index in [-0.39, 0.29) is 6.10 Å². The molecule has 1 unspecified atom stereocenters. The van der Waals surface area contributed by atoms with Gasteiger partial charge in [-0.25, -0.2) is 0 Å². The van der Waals surface area contributed by atoms with Crippen molar-refractivity contribution in [2.45, 2.75) is 40.0 Å². The lowest BCUT2D eigenvalue weighted by Gasteiger charge is -2.07. The number of fused-ring (bicyclic) bond motifs is 1. The van der Waals surface area contributed by atoms with E-state index in [1.165, 1.54) is 10.9 Å². The molecular formula is C16H23ClN2O. The van der Waals surface area contributed by atoms with Crippen molar-refractivity contribution in [2.75, 3.05) is 6.54 Å². The highest BCUT2D eigenvalue weighted by Gasteiger charge is 2.10. The van der Waals surface area contributed by atoms with Crippen molar-refractivity contribution in [3.8, 4) is 0 Å². The number of aromatic nitrogens is 1. The Morgan fingerprint density at radius 2 is 2.05 bits per heavy atom.